The van der Waals surface area contributed by atoms with E-state index in [1.165, 1.54) is 14.1 Å². The summed E-state index contributed by atoms with van der Waals surface area (Å²) >= 11 is 3.34. The Labute approximate surface area is 176 Å². The van der Waals surface area contributed by atoms with Crippen molar-refractivity contribution in [3.63, 3.8) is 0 Å². The monoisotopic (exact) mass is 508 g/mol. The van der Waals surface area contributed by atoms with Gasteiger partial charge in [-0.1, -0.05) is 32.5 Å². The molecule has 12 nitrogen and oxygen atoms in total. The number of sulfonamides is 1. The molecule has 0 saturated carbocycles. The summed E-state index contributed by atoms with van der Waals surface area (Å²) in [5, 5.41) is 6.17. The lowest BCUT2D eigenvalue weighted by Crippen LogP contribution is -2.34. The number of aromatic nitrogens is 3. The molecule has 1 amide bonds. The number of hydrogen-bond acceptors (Lipinski definition) is 9. The molecule has 29 heavy (non-hydrogen) atoms. The van der Waals surface area contributed by atoms with Gasteiger partial charge in [0.1, 0.15) is 6.33 Å². The number of nitrogens with zero attached hydrogens (tertiary/aromatic N) is 6. The van der Waals surface area contributed by atoms with Gasteiger partial charge in [-0.15, -0.1) is 9.19 Å². The minimum absolute atomic E-state index is 0.0305. The highest BCUT2D eigenvalue weighted by atomic mass is 79.9. The van der Waals surface area contributed by atoms with Gasteiger partial charge in [-0.3, -0.25) is 0 Å². The van der Waals surface area contributed by atoms with Gasteiger partial charge in [-0.25, -0.2) is 9.78 Å². The average molecular weight is 509 g/mol. The zero-order valence-corrected chi connectivity index (χ0v) is 18.9. The molecule has 0 spiro atoms. The van der Waals surface area contributed by atoms with Crippen molar-refractivity contribution >= 4 is 48.5 Å². The van der Waals surface area contributed by atoms with E-state index in [4.69, 9.17) is 0 Å². The number of rotatable bonds is 6. The SMILES string of the molecule is COC(=O)N(/N=C/c1ccc(C)c(Br)c1)S(=O)(=O)c1ncn(S(=O)(=O)N(C)C)n1. The molecule has 0 bridgehead atoms. The van der Waals surface area contributed by atoms with E-state index in [1.807, 2.05) is 6.92 Å². The second-order valence-electron chi connectivity index (χ2n) is 5.66. The molecule has 158 valence electrons. The van der Waals surface area contributed by atoms with Gasteiger partial charge in [0.05, 0.1) is 13.3 Å². The maximum atomic E-state index is 12.7. The fraction of sp³-hybridized carbons (Fsp3) is 0.286. The lowest BCUT2D eigenvalue weighted by molar-refractivity contribution is 0.150. The Morgan fingerprint density at radius 1 is 1.28 bits per heavy atom. The lowest BCUT2D eigenvalue weighted by atomic mass is 10.2. The summed E-state index contributed by atoms with van der Waals surface area (Å²) in [6.07, 6.45) is 0.476. The summed E-state index contributed by atoms with van der Waals surface area (Å²) in [5.41, 5.74) is 1.43. The van der Waals surface area contributed by atoms with Crippen LogP contribution >= 0.6 is 15.9 Å². The predicted molar refractivity (Wildman–Crippen MR) is 106 cm³/mol. The van der Waals surface area contributed by atoms with Crippen molar-refractivity contribution in [1.82, 2.24) is 22.9 Å². The topological polar surface area (TPSA) is 144 Å². The van der Waals surface area contributed by atoms with Crippen molar-refractivity contribution in [2.45, 2.75) is 12.1 Å². The molecule has 1 aromatic heterocycles. The first kappa shape index (κ1) is 22.9. The molecule has 0 N–H and O–H groups in total. The van der Waals surface area contributed by atoms with E-state index in [-0.39, 0.29) is 4.41 Å². The van der Waals surface area contributed by atoms with Crippen LogP contribution in [0.5, 0.6) is 0 Å². The van der Waals surface area contributed by atoms with Crippen molar-refractivity contribution in [2.24, 2.45) is 5.10 Å². The first-order valence-corrected chi connectivity index (χ1v) is 11.3. The molecule has 1 aromatic carbocycles. The number of benzene rings is 1. The van der Waals surface area contributed by atoms with E-state index in [0.717, 1.165) is 27.7 Å². The highest BCUT2D eigenvalue weighted by Crippen LogP contribution is 2.18. The Balaban J connectivity index is 2.46. The zero-order valence-electron chi connectivity index (χ0n) is 15.7. The van der Waals surface area contributed by atoms with Gasteiger partial charge in [0, 0.05) is 18.6 Å². The first-order valence-electron chi connectivity index (χ1n) is 7.69. The fourth-order valence-corrected chi connectivity index (χ4v) is 3.90. The number of hydrogen-bond donors (Lipinski definition) is 0. The van der Waals surface area contributed by atoms with Crippen LogP contribution in [-0.4, -0.2) is 73.2 Å². The summed E-state index contributed by atoms with van der Waals surface area (Å²) < 4.78 is 56.0. The molecule has 0 fully saturated rings. The number of aryl methyl sites for hydroxylation is 1. The summed E-state index contributed by atoms with van der Waals surface area (Å²) in [4.78, 5) is 15.5. The quantitative estimate of drug-likeness (QED) is 0.411. The Morgan fingerprint density at radius 2 is 1.93 bits per heavy atom. The zero-order chi connectivity index (χ0) is 22.0. The number of amides is 1. The molecule has 0 aliphatic heterocycles. The van der Waals surface area contributed by atoms with Gasteiger partial charge >= 0.3 is 26.3 Å². The van der Waals surface area contributed by atoms with Crippen LogP contribution in [0.4, 0.5) is 4.79 Å². The molecule has 0 saturated heterocycles. The number of hydrazone groups is 1. The molecule has 2 rings (SSSR count). The summed E-state index contributed by atoms with van der Waals surface area (Å²) in [7, 11) is -5.41. The third-order valence-corrected chi connectivity index (χ3v) is 7.22. The van der Waals surface area contributed by atoms with Crippen molar-refractivity contribution in [3.8, 4) is 0 Å². The van der Waals surface area contributed by atoms with Gasteiger partial charge in [0.2, 0.25) is 0 Å². The van der Waals surface area contributed by atoms with Crippen LogP contribution < -0.4 is 0 Å². The van der Waals surface area contributed by atoms with Crippen LogP contribution in [0.15, 0.2) is 39.3 Å². The van der Waals surface area contributed by atoms with Gasteiger partial charge in [0.25, 0.3) is 5.16 Å². The van der Waals surface area contributed by atoms with Gasteiger partial charge in [-0.2, -0.15) is 26.2 Å². The standard InChI is InChI=1S/C14H17BrN6O6S2/c1-10-5-6-11(7-12(10)15)8-17-21(14(22)27-4)28(23,24)13-16-9-20(18-13)29(25,26)19(2)3/h5-9H,1-4H3/b17-8+. The number of methoxy groups -OCH3 is 1. The van der Waals surface area contributed by atoms with Crippen molar-refractivity contribution < 1.29 is 26.4 Å². The normalized spacial score (nSPS) is 12.5. The highest BCUT2D eigenvalue weighted by Gasteiger charge is 2.35. The molecule has 2 aromatic rings. The van der Waals surface area contributed by atoms with Crippen LogP contribution in [0.2, 0.25) is 0 Å². The Kier molecular flexibility index (Phi) is 6.77. The van der Waals surface area contributed by atoms with Gasteiger partial charge < -0.3 is 4.74 Å². The molecular weight excluding hydrogens is 492 g/mol. The van der Waals surface area contributed by atoms with E-state index in [1.54, 1.807) is 18.2 Å². The van der Waals surface area contributed by atoms with E-state index >= 15 is 0 Å². The van der Waals surface area contributed by atoms with Gasteiger partial charge in [0.15, 0.2) is 0 Å². The summed E-state index contributed by atoms with van der Waals surface area (Å²) in [6.45, 7) is 1.86. The van der Waals surface area contributed by atoms with E-state index < -0.39 is 31.5 Å². The van der Waals surface area contributed by atoms with Crippen molar-refractivity contribution in [2.75, 3.05) is 21.2 Å². The van der Waals surface area contributed by atoms with Crippen LogP contribution in [-0.2, 0) is 25.0 Å². The van der Waals surface area contributed by atoms with E-state index in [0.29, 0.717) is 16.0 Å². The molecular formula is C14H17BrN6O6S2. The molecule has 1 heterocycles. The minimum atomic E-state index is -4.74. The molecule has 0 atom stereocenters. The Morgan fingerprint density at radius 3 is 2.48 bits per heavy atom. The number of carbonyl (C=O) groups excluding carboxylic acids is 1. The molecule has 0 aliphatic carbocycles. The van der Waals surface area contributed by atoms with Crippen molar-refractivity contribution in [3.05, 3.63) is 40.1 Å². The summed E-state index contributed by atoms with van der Waals surface area (Å²) in [5.74, 6) is 0. The average Bonchev–Trinajstić information content (AvgIpc) is 3.16. The van der Waals surface area contributed by atoms with Crippen LogP contribution in [0, 0.1) is 6.92 Å². The Bertz CT molecular complexity index is 1160. The largest absolute Gasteiger partial charge is 0.451 e. The van der Waals surface area contributed by atoms with Crippen LogP contribution in [0.25, 0.3) is 0 Å². The third kappa shape index (κ3) is 4.80. The molecule has 0 unspecified atom stereocenters. The second kappa shape index (κ2) is 8.56. The third-order valence-electron chi connectivity index (χ3n) is 3.45. The number of halogens is 1. The maximum absolute atomic E-state index is 12.7. The van der Waals surface area contributed by atoms with Gasteiger partial charge in [-0.05, 0) is 24.1 Å². The van der Waals surface area contributed by atoms with E-state index in [2.05, 4.69) is 35.9 Å². The number of ether oxygens (including phenoxy) is 1. The fourth-order valence-electron chi connectivity index (χ4n) is 1.80. The highest BCUT2D eigenvalue weighted by molar-refractivity contribution is 9.10. The first-order chi connectivity index (χ1) is 13.4. The van der Waals surface area contributed by atoms with Crippen LogP contribution in [0.1, 0.15) is 11.1 Å². The lowest BCUT2D eigenvalue weighted by Gasteiger charge is -2.13. The number of carbonyl (C=O) groups is 1. The van der Waals surface area contributed by atoms with Crippen LogP contribution in [0.3, 0.4) is 0 Å². The molecule has 15 heteroatoms. The minimum Gasteiger partial charge on any atom is -0.451 e. The predicted octanol–water partition coefficient (Wildman–Crippen LogP) is 0.795. The maximum Gasteiger partial charge on any atom is 0.445 e. The van der Waals surface area contributed by atoms with Crippen molar-refractivity contribution in [1.29, 1.82) is 0 Å². The molecule has 0 radical (unpaired) electrons. The van der Waals surface area contributed by atoms with E-state index in [9.17, 15) is 21.6 Å². The summed E-state index contributed by atoms with van der Waals surface area (Å²) in [6, 6.07) is 5.08. The second-order valence-corrected chi connectivity index (χ2v) is 10.2. The molecule has 0 aliphatic rings. The smallest absolute Gasteiger partial charge is 0.445 e. The Hall–Kier alpha value is -2.36.